The quantitative estimate of drug-likeness (QED) is 0.687. The van der Waals surface area contributed by atoms with Gasteiger partial charge in [0.15, 0.2) is 6.61 Å². The van der Waals surface area contributed by atoms with Crippen molar-refractivity contribution in [1.29, 1.82) is 0 Å². The lowest BCUT2D eigenvalue weighted by Crippen LogP contribution is -2.28. The average Bonchev–Trinajstić information content (AvgIpc) is 2.39. The minimum atomic E-state index is -3.68. The molecule has 0 fully saturated rings. The molecule has 0 radical (unpaired) electrons. The van der Waals surface area contributed by atoms with Crippen molar-refractivity contribution in [2.45, 2.75) is 25.2 Å². The SMILES string of the molecule is Cc1ccc(S(=O)(=O)NCCC(=O)OCC(N)=O)cc1C. The molecular weight excluding hydrogens is 296 g/mol. The highest BCUT2D eigenvalue weighted by atomic mass is 32.2. The third-order valence-corrected chi connectivity index (χ3v) is 4.24. The molecule has 0 atom stereocenters. The van der Waals surface area contributed by atoms with Crippen LogP contribution in [0.5, 0.6) is 0 Å². The van der Waals surface area contributed by atoms with E-state index in [1.807, 2.05) is 13.8 Å². The Kier molecular flexibility index (Phi) is 5.86. The topological polar surface area (TPSA) is 116 Å². The van der Waals surface area contributed by atoms with Gasteiger partial charge in [0.25, 0.3) is 5.91 Å². The van der Waals surface area contributed by atoms with Crippen LogP contribution >= 0.6 is 0 Å². The second-order valence-corrected chi connectivity index (χ2v) is 6.29. The number of esters is 1. The second-order valence-electron chi connectivity index (χ2n) is 4.52. The van der Waals surface area contributed by atoms with Gasteiger partial charge in [-0.15, -0.1) is 0 Å². The van der Waals surface area contributed by atoms with Gasteiger partial charge in [0.2, 0.25) is 10.0 Å². The fourth-order valence-corrected chi connectivity index (χ4v) is 2.59. The molecule has 21 heavy (non-hydrogen) atoms. The Labute approximate surface area is 123 Å². The Balaban J connectivity index is 2.55. The molecule has 0 saturated carbocycles. The van der Waals surface area contributed by atoms with Crippen LogP contribution in [-0.4, -0.2) is 33.4 Å². The molecule has 0 aliphatic heterocycles. The summed E-state index contributed by atoms with van der Waals surface area (Å²) < 4.78 is 30.8. The van der Waals surface area contributed by atoms with Crippen molar-refractivity contribution in [2.75, 3.05) is 13.2 Å². The Morgan fingerprint density at radius 2 is 1.90 bits per heavy atom. The second kappa shape index (κ2) is 7.19. The first-order valence-electron chi connectivity index (χ1n) is 6.23. The molecule has 8 heteroatoms. The lowest BCUT2D eigenvalue weighted by atomic mass is 10.1. The number of carbonyl (C=O) groups is 2. The molecule has 1 aromatic rings. The van der Waals surface area contributed by atoms with Crippen LogP contribution in [0.2, 0.25) is 0 Å². The zero-order chi connectivity index (χ0) is 16.0. The third-order valence-electron chi connectivity index (χ3n) is 2.79. The number of hydrogen-bond acceptors (Lipinski definition) is 5. The van der Waals surface area contributed by atoms with E-state index >= 15 is 0 Å². The molecule has 1 aromatic carbocycles. The Morgan fingerprint density at radius 3 is 2.48 bits per heavy atom. The van der Waals surface area contributed by atoms with Gasteiger partial charge in [-0.25, -0.2) is 13.1 Å². The number of hydrogen-bond donors (Lipinski definition) is 2. The maximum Gasteiger partial charge on any atom is 0.307 e. The summed E-state index contributed by atoms with van der Waals surface area (Å²) in [7, 11) is -3.68. The van der Waals surface area contributed by atoms with Crippen LogP contribution in [0.25, 0.3) is 0 Å². The molecule has 0 unspecified atom stereocenters. The first-order valence-corrected chi connectivity index (χ1v) is 7.71. The van der Waals surface area contributed by atoms with Gasteiger partial charge in [-0.2, -0.15) is 0 Å². The molecule has 1 amide bonds. The van der Waals surface area contributed by atoms with Crippen LogP contribution in [0.4, 0.5) is 0 Å². The summed E-state index contributed by atoms with van der Waals surface area (Å²) in [5, 5.41) is 0. The molecule has 3 N–H and O–H groups in total. The summed E-state index contributed by atoms with van der Waals surface area (Å²) >= 11 is 0. The fraction of sp³-hybridized carbons (Fsp3) is 0.385. The summed E-state index contributed by atoms with van der Waals surface area (Å²) in [5.74, 6) is -1.46. The smallest absolute Gasteiger partial charge is 0.307 e. The normalized spacial score (nSPS) is 11.1. The van der Waals surface area contributed by atoms with E-state index in [0.717, 1.165) is 11.1 Å². The molecule has 0 aliphatic carbocycles. The molecule has 0 aromatic heterocycles. The maximum atomic E-state index is 12.0. The molecule has 0 spiro atoms. The average molecular weight is 314 g/mol. The monoisotopic (exact) mass is 314 g/mol. The van der Waals surface area contributed by atoms with Crippen LogP contribution in [0, 0.1) is 13.8 Å². The van der Waals surface area contributed by atoms with Crippen LogP contribution in [0.3, 0.4) is 0 Å². The van der Waals surface area contributed by atoms with E-state index in [2.05, 4.69) is 9.46 Å². The number of sulfonamides is 1. The van der Waals surface area contributed by atoms with Gasteiger partial charge in [-0.1, -0.05) is 6.07 Å². The molecule has 116 valence electrons. The molecule has 0 bridgehead atoms. The van der Waals surface area contributed by atoms with E-state index in [1.165, 1.54) is 6.07 Å². The number of nitrogens with two attached hydrogens (primary N) is 1. The highest BCUT2D eigenvalue weighted by Crippen LogP contribution is 2.14. The van der Waals surface area contributed by atoms with Crippen molar-refractivity contribution < 1.29 is 22.7 Å². The summed E-state index contributed by atoms with van der Waals surface area (Å²) in [6, 6.07) is 4.77. The predicted octanol–water partition coefficient (Wildman–Crippen LogP) is 0.000340. The maximum absolute atomic E-state index is 12.0. The van der Waals surface area contributed by atoms with Crippen LogP contribution < -0.4 is 10.5 Å². The predicted molar refractivity (Wildman–Crippen MR) is 75.9 cm³/mol. The minimum Gasteiger partial charge on any atom is -0.456 e. The van der Waals surface area contributed by atoms with Gasteiger partial charge in [-0.05, 0) is 37.1 Å². The number of amides is 1. The first-order chi connectivity index (χ1) is 9.72. The summed E-state index contributed by atoms with van der Waals surface area (Å²) in [6.45, 7) is 3.07. The molecule has 0 aliphatic rings. The van der Waals surface area contributed by atoms with E-state index in [1.54, 1.807) is 12.1 Å². The summed E-state index contributed by atoms with van der Waals surface area (Å²) in [4.78, 5) is 21.8. The van der Waals surface area contributed by atoms with Crippen molar-refractivity contribution in [2.24, 2.45) is 5.73 Å². The molecule has 0 saturated heterocycles. The summed E-state index contributed by atoms with van der Waals surface area (Å²) in [6.07, 6.45) is -0.183. The number of ether oxygens (including phenoxy) is 1. The Hall–Kier alpha value is -1.93. The van der Waals surface area contributed by atoms with Crippen molar-refractivity contribution in [3.63, 3.8) is 0 Å². The fourth-order valence-electron chi connectivity index (χ4n) is 1.48. The Morgan fingerprint density at radius 1 is 1.24 bits per heavy atom. The van der Waals surface area contributed by atoms with Crippen molar-refractivity contribution in [3.05, 3.63) is 29.3 Å². The summed E-state index contributed by atoms with van der Waals surface area (Å²) in [5.41, 5.74) is 6.66. The zero-order valence-corrected chi connectivity index (χ0v) is 12.7. The van der Waals surface area contributed by atoms with Gasteiger partial charge in [0, 0.05) is 6.54 Å². The molecule has 0 heterocycles. The van der Waals surface area contributed by atoms with Gasteiger partial charge in [0.1, 0.15) is 0 Å². The number of carbonyl (C=O) groups excluding carboxylic acids is 2. The molecule has 7 nitrogen and oxygen atoms in total. The van der Waals surface area contributed by atoms with E-state index < -0.39 is 28.5 Å². The lowest BCUT2D eigenvalue weighted by molar-refractivity contribution is -0.147. The number of primary amides is 1. The van der Waals surface area contributed by atoms with Crippen molar-refractivity contribution in [3.8, 4) is 0 Å². The van der Waals surface area contributed by atoms with Crippen LogP contribution in [0.1, 0.15) is 17.5 Å². The highest BCUT2D eigenvalue weighted by Gasteiger charge is 2.15. The zero-order valence-electron chi connectivity index (χ0n) is 11.9. The van der Waals surface area contributed by atoms with Crippen LogP contribution in [0.15, 0.2) is 23.1 Å². The Bertz CT molecular complexity index is 640. The van der Waals surface area contributed by atoms with Crippen LogP contribution in [-0.2, 0) is 24.3 Å². The number of nitrogens with one attached hydrogen (secondary N) is 1. The van der Waals surface area contributed by atoms with E-state index in [4.69, 9.17) is 5.73 Å². The van der Waals surface area contributed by atoms with Gasteiger partial charge in [-0.3, -0.25) is 9.59 Å². The standard InChI is InChI=1S/C13H18N2O5S/c1-9-3-4-11(7-10(9)2)21(18,19)15-6-5-13(17)20-8-12(14)16/h3-4,7,15H,5-6,8H2,1-2H3,(H2,14,16). The largest absolute Gasteiger partial charge is 0.456 e. The van der Waals surface area contributed by atoms with Crippen molar-refractivity contribution >= 4 is 21.9 Å². The minimum absolute atomic E-state index is 0.118. The van der Waals surface area contributed by atoms with E-state index in [-0.39, 0.29) is 17.9 Å². The number of rotatable bonds is 7. The van der Waals surface area contributed by atoms with Gasteiger partial charge >= 0.3 is 5.97 Å². The first kappa shape index (κ1) is 17.1. The van der Waals surface area contributed by atoms with Gasteiger partial charge < -0.3 is 10.5 Å². The van der Waals surface area contributed by atoms with Crippen molar-refractivity contribution in [1.82, 2.24) is 4.72 Å². The number of benzene rings is 1. The number of aryl methyl sites for hydroxylation is 2. The highest BCUT2D eigenvalue weighted by molar-refractivity contribution is 7.89. The van der Waals surface area contributed by atoms with E-state index in [9.17, 15) is 18.0 Å². The lowest BCUT2D eigenvalue weighted by Gasteiger charge is -2.08. The molecule has 1 rings (SSSR count). The van der Waals surface area contributed by atoms with Gasteiger partial charge in [0.05, 0.1) is 11.3 Å². The molecular formula is C13H18N2O5S. The van der Waals surface area contributed by atoms with E-state index in [0.29, 0.717) is 0 Å². The third kappa shape index (κ3) is 5.52.